The number of halogens is 4. The van der Waals surface area contributed by atoms with Crippen molar-refractivity contribution < 1.29 is 13.2 Å². The van der Waals surface area contributed by atoms with Gasteiger partial charge in [0.25, 0.3) is 0 Å². The largest absolute Gasteiger partial charge is 0.418 e. The van der Waals surface area contributed by atoms with Crippen LogP contribution in [0, 0.1) is 0 Å². The molecule has 0 saturated carbocycles. The molecule has 2 N–H and O–H groups in total. The topological polar surface area (TPSA) is 24.1 Å². The van der Waals surface area contributed by atoms with E-state index in [9.17, 15) is 13.2 Å². The Morgan fingerprint density at radius 1 is 1.00 bits per heavy atom. The summed E-state index contributed by atoms with van der Waals surface area (Å²) >= 11 is 8.34. The maximum atomic E-state index is 12.9. The lowest BCUT2D eigenvalue weighted by Crippen LogP contribution is -2.21. The minimum absolute atomic E-state index is 0.0857. The highest BCUT2D eigenvalue weighted by atomic mass is 79.9. The molecule has 0 amide bonds. The molecular formula is C14H10BrF3N2S. The average Bonchev–Trinajstić information content (AvgIpc) is 2.37. The first kappa shape index (κ1) is 15.8. The second kappa shape index (κ2) is 6.44. The number of thiocarbonyl (C=S) groups is 1. The fourth-order valence-electron chi connectivity index (χ4n) is 1.69. The molecule has 110 valence electrons. The summed E-state index contributed by atoms with van der Waals surface area (Å²) in [5.74, 6) is 0. The molecule has 0 unspecified atom stereocenters. The maximum absolute atomic E-state index is 12.9. The van der Waals surface area contributed by atoms with Crippen LogP contribution < -0.4 is 10.6 Å². The maximum Gasteiger partial charge on any atom is 0.418 e. The molecular weight excluding hydrogens is 365 g/mol. The van der Waals surface area contributed by atoms with Crippen LogP contribution in [0.15, 0.2) is 53.0 Å². The summed E-state index contributed by atoms with van der Waals surface area (Å²) in [6.45, 7) is 0. The first-order valence-electron chi connectivity index (χ1n) is 5.86. The van der Waals surface area contributed by atoms with Gasteiger partial charge in [0.15, 0.2) is 5.11 Å². The van der Waals surface area contributed by atoms with Gasteiger partial charge in [-0.25, -0.2) is 0 Å². The SMILES string of the molecule is FC(F)(F)c1ccccc1NC(=S)Nc1cccc(Br)c1. The summed E-state index contributed by atoms with van der Waals surface area (Å²) < 4.78 is 39.4. The van der Waals surface area contributed by atoms with Gasteiger partial charge in [-0.1, -0.05) is 34.1 Å². The Hall–Kier alpha value is -1.60. The van der Waals surface area contributed by atoms with Crippen molar-refractivity contribution in [1.82, 2.24) is 0 Å². The van der Waals surface area contributed by atoms with Crippen LogP contribution >= 0.6 is 28.1 Å². The lowest BCUT2D eigenvalue weighted by Gasteiger charge is -2.15. The first-order chi connectivity index (χ1) is 9.86. The number of para-hydroxylation sites is 1. The third-order valence-corrected chi connectivity index (χ3v) is 3.26. The molecule has 2 aromatic rings. The molecule has 0 radical (unpaired) electrons. The third kappa shape index (κ3) is 4.44. The fraction of sp³-hybridized carbons (Fsp3) is 0.0714. The molecule has 0 heterocycles. The molecule has 7 heteroatoms. The lowest BCUT2D eigenvalue weighted by molar-refractivity contribution is -0.136. The van der Waals surface area contributed by atoms with E-state index < -0.39 is 11.7 Å². The van der Waals surface area contributed by atoms with E-state index in [1.165, 1.54) is 18.2 Å². The van der Waals surface area contributed by atoms with Crippen molar-refractivity contribution in [2.45, 2.75) is 6.18 Å². The number of anilines is 2. The number of benzene rings is 2. The number of hydrogen-bond donors (Lipinski definition) is 2. The predicted molar refractivity (Wildman–Crippen MR) is 85.4 cm³/mol. The number of hydrogen-bond acceptors (Lipinski definition) is 1. The Morgan fingerprint density at radius 3 is 2.38 bits per heavy atom. The highest BCUT2D eigenvalue weighted by Crippen LogP contribution is 2.34. The summed E-state index contributed by atoms with van der Waals surface area (Å²) in [5, 5.41) is 5.49. The van der Waals surface area contributed by atoms with Crippen LogP contribution in [-0.4, -0.2) is 5.11 Å². The molecule has 0 fully saturated rings. The summed E-state index contributed by atoms with van der Waals surface area (Å²) in [7, 11) is 0. The molecule has 0 aliphatic rings. The Balaban J connectivity index is 2.14. The second-order valence-corrected chi connectivity index (χ2v) is 5.46. The van der Waals surface area contributed by atoms with Gasteiger partial charge < -0.3 is 10.6 Å². The standard InChI is InChI=1S/C14H10BrF3N2S/c15-9-4-3-5-10(8-9)19-13(21)20-12-7-2-1-6-11(12)14(16,17)18/h1-8H,(H2,19,20,21). The zero-order valence-electron chi connectivity index (χ0n) is 10.5. The van der Waals surface area contributed by atoms with E-state index in [2.05, 4.69) is 26.6 Å². The first-order valence-corrected chi connectivity index (χ1v) is 7.06. The van der Waals surface area contributed by atoms with E-state index in [0.717, 1.165) is 10.5 Å². The Labute approximate surface area is 133 Å². The molecule has 2 nitrogen and oxygen atoms in total. The minimum Gasteiger partial charge on any atom is -0.332 e. The van der Waals surface area contributed by atoms with Crippen molar-refractivity contribution in [3.63, 3.8) is 0 Å². The molecule has 0 atom stereocenters. The van der Waals surface area contributed by atoms with Crippen molar-refractivity contribution in [1.29, 1.82) is 0 Å². The normalized spacial score (nSPS) is 11.0. The van der Waals surface area contributed by atoms with Gasteiger partial charge in [0, 0.05) is 10.2 Å². The van der Waals surface area contributed by atoms with E-state index in [1.807, 2.05) is 6.07 Å². The van der Waals surface area contributed by atoms with Gasteiger partial charge >= 0.3 is 6.18 Å². The summed E-state index contributed by atoms with van der Waals surface area (Å²) in [4.78, 5) is 0. The van der Waals surface area contributed by atoms with Crippen molar-refractivity contribution in [2.75, 3.05) is 10.6 Å². The Bertz CT molecular complexity index is 659. The van der Waals surface area contributed by atoms with E-state index in [1.54, 1.807) is 18.2 Å². The zero-order valence-corrected chi connectivity index (χ0v) is 12.9. The Kier molecular flexibility index (Phi) is 4.84. The molecule has 2 rings (SSSR count). The van der Waals surface area contributed by atoms with Crippen LogP contribution in [-0.2, 0) is 6.18 Å². The monoisotopic (exact) mass is 374 g/mol. The summed E-state index contributed by atoms with van der Waals surface area (Å²) in [6, 6.07) is 12.3. The van der Waals surface area contributed by atoms with E-state index in [0.29, 0.717) is 5.69 Å². The van der Waals surface area contributed by atoms with Crippen LogP contribution in [0.3, 0.4) is 0 Å². The van der Waals surface area contributed by atoms with Crippen molar-refractivity contribution in [3.8, 4) is 0 Å². The average molecular weight is 375 g/mol. The quantitative estimate of drug-likeness (QED) is 0.699. The molecule has 0 aliphatic carbocycles. The predicted octanol–water partition coefficient (Wildman–Crippen LogP) is 5.28. The molecule has 0 spiro atoms. The molecule has 0 bridgehead atoms. The van der Waals surface area contributed by atoms with Crippen molar-refractivity contribution in [2.24, 2.45) is 0 Å². The van der Waals surface area contributed by atoms with Gasteiger partial charge in [0.2, 0.25) is 0 Å². The molecule has 2 aromatic carbocycles. The van der Waals surface area contributed by atoms with Gasteiger partial charge in [-0.2, -0.15) is 13.2 Å². The van der Waals surface area contributed by atoms with Gasteiger partial charge in [-0.15, -0.1) is 0 Å². The zero-order chi connectivity index (χ0) is 15.5. The lowest BCUT2D eigenvalue weighted by atomic mass is 10.1. The van der Waals surface area contributed by atoms with Crippen LogP contribution in [0.1, 0.15) is 5.56 Å². The van der Waals surface area contributed by atoms with Crippen molar-refractivity contribution in [3.05, 3.63) is 58.6 Å². The molecule has 0 aliphatic heterocycles. The number of nitrogens with one attached hydrogen (secondary N) is 2. The van der Waals surface area contributed by atoms with Gasteiger partial charge in [0.1, 0.15) is 0 Å². The highest BCUT2D eigenvalue weighted by Gasteiger charge is 2.33. The van der Waals surface area contributed by atoms with Gasteiger partial charge in [-0.05, 0) is 42.5 Å². The number of rotatable bonds is 2. The van der Waals surface area contributed by atoms with Crippen LogP contribution in [0.5, 0.6) is 0 Å². The van der Waals surface area contributed by atoms with Gasteiger partial charge in [0.05, 0.1) is 11.3 Å². The van der Waals surface area contributed by atoms with E-state index in [-0.39, 0.29) is 10.8 Å². The summed E-state index contributed by atoms with van der Waals surface area (Å²) in [5.41, 5.74) is -0.174. The molecule has 0 aromatic heterocycles. The third-order valence-electron chi connectivity index (χ3n) is 2.56. The molecule has 0 saturated heterocycles. The smallest absolute Gasteiger partial charge is 0.332 e. The molecule has 21 heavy (non-hydrogen) atoms. The second-order valence-electron chi connectivity index (χ2n) is 4.13. The van der Waals surface area contributed by atoms with Crippen molar-refractivity contribution >= 4 is 44.6 Å². The highest BCUT2D eigenvalue weighted by molar-refractivity contribution is 9.10. The van der Waals surface area contributed by atoms with Crippen LogP contribution in [0.4, 0.5) is 24.5 Å². The van der Waals surface area contributed by atoms with Crippen LogP contribution in [0.2, 0.25) is 0 Å². The minimum atomic E-state index is -4.44. The van der Waals surface area contributed by atoms with Crippen LogP contribution in [0.25, 0.3) is 0 Å². The van der Waals surface area contributed by atoms with Gasteiger partial charge in [-0.3, -0.25) is 0 Å². The number of alkyl halides is 3. The van der Waals surface area contributed by atoms with E-state index in [4.69, 9.17) is 12.2 Å². The van der Waals surface area contributed by atoms with E-state index >= 15 is 0 Å². The summed E-state index contributed by atoms with van der Waals surface area (Å²) in [6.07, 6.45) is -4.44. The Morgan fingerprint density at radius 2 is 1.71 bits per heavy atom. The fourth-order valence-corrected chi connectivity index (χ4v) is 2.32.